The Kier molecular flexibility index (Phi) is 6.45. The summed E-state index contributed by atoms with van der Waals surface area (Å²) < 4.78 is 10.7. The van der Waals surface area contributed by atoms with Gasteiger partial charge in [0.05, 0.1) is 31.4 Å². The number of aliphatic hydroxyl groups excluding tert-OH is 1. The van der Waals surface area contributed by atoms with Crippen LogP contribution in [-0.2, 0) is 9.59 Å². The van der Waals surface area contributed by atoms with Crippen LogP contribution >= 0.6 is 0 Å². The number of rotatable bonds is 7. The maximum Gasteiger partial charge on any atom is 0.295 e. The standard InChI is InChI=1S/C24H27NO5/c1-5-6-12-25-21(16-8-7-9-17(14-16)29-3)20(23(27)24(25)28)22(26)18-13-15(2)10-11-19(18)30-4/h7-11,13-14,21,26H,5-6,12H2,1-4H3/b22-20+. The van der Waals surface area contributed by atoms with Crippen molar-refractivity contribution in [3.05, 3.63) is 64.7 Å². The lowest BCUT2D eigenvalue weighted by Gasteiger charge is -2.25. The van der Waals surface area contributed by atoms with E-state index in [1.807, 2.05) is 26.0 Å². The smallest absolute Gasteiger partial charge is 0.295 e. The van der Waals surface area contributed by atoms with Crippen LogP contribution in [0.5, 0.6) is 11.5 Å². The zero-order chi connectivity index (χ0) is 21.8. The van der Waals surface area contributed by atoms with E-state index in [0.717, 1.165) is 18.4 Å². The summed E-state index contributed by atoms with van der Waals surface area (Å²) in [4.78, 5) is 27.5. The number of nitrogens with zero attached hydrogens (tertiary/aromatic N) is 1. The molecule has 1 heterocycles. The third-order valence-electron chi connectivity index (χ3n) is 5.31. The maximum atomic E-state index is 13.0. The number of amides is 1. The minimum Gasteiger partial charge on any atom is -0.507 e. The van der Waals surface area contributed by atoms with Gasteiger partial charge in [-0.1, -0.05) is 37.1 Å². The minimum absolute atomic E-state index is 0.0632. The van der Waals surface area contributed by atoms with Crippen LogP contribution in [0.4, 0.5) is 0 Å². The van der Waals surface area contributed by atoms with Gasteiger partial charge < -0.3 is 19.5 Å². The molecule has 6 heteroatoms. The van der Waals surface area contributed by atoms with E-state index in [2.05, 4.69) is 0 Å². The Hall–Kier alpha value is -3.28. The third-order valence-corrected chi connectivity index (χ3v) is 5.31. The van der Waals surface area contributed by atoms with Crippen LogP contribution in [0.2, 0.25) is 0 Å². The van der Waals surface area contributed by atoms with E-state index in [4.69, 9.17) is 9.47 Å². The zero-order valence-corrected chi connectivity index (χ0v) is 17.8. The fraction of sp³-hybridized carbons (Fsp3) is 0.333. The first-order chi connectivity index (χ1) is 14.4. The van der Waals surface area contributed by atoms with E-state index in [-0.39, 0.29) is 11.3 Å². The Balaban J connectivity index is 2.23. The number of ether oxygens (including phenoxy) is 2. The molecule has 3 rings (SSSR count). The molecule has 6 nitrogen and oxygen atoms in total. The fourth-order valence-electron chi connectivity index (χ4n) is 3.75. The molecule has 1 aliphatic rings. The summed E-state index contributed by atoms with van der Waals surface area (Å²) in [5.74, 6) is -0.492. The SMILES string of the molecule is CCCCN1C(=O)C(=O)/C(=C(/O)c2cc(C)ccc2OC)C1c1cccc(OC)c1. The molecule has 0 radical (unpaired) electrons. The molecule has 1 aliphatic heterocycles. The molecule has 1 fully saturated rings. The number of aryl methyl sites for hydroxylation is 1. The van der Waals surface area contributed by atoms with E-state index in [1.54, 1.807) is 37.4 Å². The van der Waals surface area contributed by atoms with Crippen LogP contribution in [0.1, 0.15) is 42.5 Å². The summed E-state index contributed by atoms with van der Waals surface area (Å²) in [5.41, 5.74) is 2.06. The maximum absolute atomic E-state index is 13.0. The molecule has 0 saturated carbocycles. The van der Waals surface area contributed by atoms with Crippen molar-refractivity contribution >= 4 is 17.4 Å². The van der Waals surface area contributed by atoms with E-state index in [9.17, 15) is 14.7 Å². The number of carbonyl (C=O) groups is 2. The van der Waals surface area contributed by atoms with Crippen molar-refractivity contribution in [3.63, 3.8) is 0 Å². The lowest BCUT2D eigenvalue weighted by atomic mass is 9.94. The lowest BCUT2D eigenvalue weighted by Crippen LogP contribution is -2.30. The number of hydrogen-bond acceptors (Lipinski definition) is 5. The van der Waals surface area contributed by atoms with Gasteiger partial charge in [0.1, 0.15) is 17.3 Å². The van der Waals surface area contributed by atoms with Gasteiger partial charge >= 0.3 is 0 Å². The van der Waals surface area contributed by atoms with Crippen molar-refractivity contribution in [3.8, 4) is 11.5 Å². The third kappa shape index (κ3) is 3.90. The number of hydrogen-bond donors (Lipinski definition) is 1. The van der Waals surface area contributed by atoms with E-state index < -0.39 is 17.7 Å². The van der Waals surface area contributed by atoms with Gasteiger partial charge in [0, 0.05) is 6.54 Å². The first-order valence-electron chi connectivity index (χ1n) is 10.00. The Morgan fingerprint density at radius 1 is 1.10 bits per heavy atom. The number of Topliss-reactive ketones (excluding diaryl/α,β-unsaturated/α-hetero) is 1. The molecular formula is C24H27NO5. The molecule has 0 spiro atoms. The summed E-state index contributed by atoms with van der Waals surface area (Å²) in [6, 6.07) is 11.9. The summed E-state index contributed by atoms with van der Waals surface area (Å²) in [6.07, 6.45) is 1.63. The van der Waals surface area contributed by atoms with Crippen LogP contribution in [0.3, 0.4) is 0 Å². The van der Waals surface area contributed by atoms with Crippen LogP contribution in [0.15, 0.2) is 48.0 Å². The number of methoxy groups -OCH3 is 2. The molecule has 0 bridgehead atoms. The molecule has 1 amide bonds. The van der Waals surface area contributed by atoms with E-state index in [0.29, 0.717) is 29.2 Å². The van der Waals surface area contributed by atoms with Crippen LogP contribution in [0.25, 0.3) is 5.76 Å². The van der Waals surface area contributed by atoms with Crippen LogP contribution in [0, 0.1) is 6.92 Å². The second-order valence-corrected chi connectivity index (χ2v) is 7.33. The second kappa shape index (κ2) is 9.03. The molecule has 158 valence electrons. The number of unbranched alkanes of at least 4 members (excludes halogenated alkanes) is 1. The van der Waals surface area contributed by atoms with Gasteiger partial charge in [-0.05, 0) is 43.2 Å². The van der Waals surface area contributed by atoms with Gasteiger partial charge in [0.15, 0.2) is 0 Å². The molecular weight excluding hydrogens is 382 g/mol. The second-order valence-electron chi connectivity index (χ2n) is 7.33. The van der Waals surface area contributed by atoms with Crippen molar-refractivity contribution in [2.75, 3.05) is 20.8 Å². The van der Waals surface area contributed by atoms with Gasteiger partial charge in [-0.25, -0.2) is 0 Å². The fourth-order valence-corrected chi connectivity index (χ4v) is 3.75. The number of ketones is 1. The van der Waals surface area contributed by atoms with E-state index in [1.165, 1.54) is 12.0 Å². The van der Waals surface area contributed by atoms with Gasteiger partial charge in [0.2, 0.25) is 0 Å². The molecule has 2 aromatic carbocycles. The van der Waals surface area contributed by atoms with Crippen molar-refractivity contribution in [1.29, 1.82) is 0 Å². The number of benzene rings is 2. The van der Waals surface area contributed by atoms with E-state index >= 15 is 0 Å². The Bertz CT molecular complexity index is 995. The van der Waals surface area contributed by atoms with Crippen LogP contribution < -0.4 is 9.47 Å². The Morgan fingerprint density at radius 3 is 2.53 bits per heavy atom. The first-order valence-corrected chi connectivity index (χ1v) is 10.00. The monoisotopic (exact) mass is 409 g/mol. The van der Waals surface area contributed by atoms with Crippen molar-refractivity contribution in [2.24, 2.45) is 0 Å². The summed E-state index contributed by atoms with van der Waals surface area (Å²) >= 11 is 0. The highest BCUT2D eigenvalue weighted by Crippen LogP contribution is 2.41. The average Bonchev–Trinajstić information content (AvgIpc) is 3.01. The number of carbonyl (C=O) groups excluding carboxylic acids is 2. The van der Waals surface area contributed by atoms with Crippen LogP contribution in [-0.4, -0.2) is 42.5 Å². The minimum atomic E-state index is -0.697. The molecule has 0 aromatic heterocycles. The molecule has 0 aliphatic carbocycles. The quantitative estimate of drug-likeness (QED) is 0.421. The summed E-state index contributed by atoms with van der Waals surface area (Å²) in [5, 5.41) is 11.2. The molecule has 1 atom stereocenters. The average molecular weight is 409 g/mol. The molecule has 1 saturated heterocycles. The Morgan fingerprint density at radius 2 is 1.87 bits per heavy atom. The van der Waals surface area contributed by atoms with Gasteiger partial charge in [-0.3, -0.25) is 9.59 Å². The highest BCUT2D eigenvalue weighted by atomic mass is 16.5. The summed E-state index contributed by atoms with van der Waals surface area (Å²) in [6.45, 7) is 4.33. The molecule has 2 aromatic rings. The predicted octanol–water partition coefficient (Wildman–Crippen LogP) is 4.23. The zero-order valence-electron chi connectivity index (χ0n) is 17.8. The first kappa shape index (κ1) is 21.4. The highest BCUT2D eigenvalue weighted by Gasteiger charge is 2.46. The van der Waals surface area contributed by atoms with Crippen molar-refractivity contribution < 1.29 is 24.2 Å². The topological polar surface area (TPSA) is 76.1 Å². The lowest BCUT2D eigenvalue weighted by molar-refractivity contribution is -0.139. The highest BCUT2D eigenvalue weighted by molar-refractivity contribution is 6.46. The molecule has 1 N–H and O–H groups in total. The van der Waals surface area contributed by atoms with Crippen molar-refractivity contribution in [2.45, 2.75) is 32.7 Å². The molecule has 1 unspecified atom stereocenters. The molecule has 30 heavy (non-hydrogen) atoms. The number of likely N-dealkylation sites (tertiary alicyclic amines) is 1. The van der Waals surface area contributed by atoms with Gasteiger partial charge in [-0.15, -0.1) is 0 Å². The van der Waals surface area contributed by atoms with Gasteiger partial charge in [0.25, 0.3) is 11.7 Å². The Labute approximate surface area is 176 Å². The van der Waals surface area contributed by atoms with Crippen molar-refractivity contribution in [1.82, 2.24) is 4.90 Å². The summed E-state index contributed by atoms with van der Waals surface area (Å²) in [7, 11) is 3.06. The predicted molar refractivity (Wildman–Crippen MR) is 115 cm³/mol. The number of aliphatic hydroxyl groups is 1. The van der Waals surface area contributed by atoms with Gasteiger partial charge in [-0.2, -0.15) is 0 Å². The largest absolute Gasteiger partial charge is 0.507 e. The normalized spacial score (nSPS) is 18.0.